The highest BCUT2D eigenvalue weighted by Crippen LogP contribution is 2.18. The molecule has 18 heavy (non-hydrogen) atoms. The highest BCUT2D eigenvalue weighted by Gasteiger charge is 2.09. The first-order valence-corrected chi connectivity index (χ1v) is 6.32. The second-order valence-corrected chi connectivity index (χ2v) is 4.19. The number of hydrogen-bond donors (Lipinski definition) is 1. The molecule has 0 aromatic heterocycles. The van der Waals surface area contributed by atoms with Gasteiger partial charge in [0.05, 0.1) is 6.61 Å². The van der Waals surface area contributed by atoms with Crippen molar-refractivity contribution in [2.45, 2.75) is 39.2 Å². The third-order valence-electron chi connectivity index (χ3n) is 2.55. The first kappa shape index (κ1) is 14.4. The van der Waals surface area contributed by atoms with Crippen LogP contribution in [0, 0.1) is 0 Å². The minimum atomic E-state index is -0.624. The number of hydrogen-bond acceptors (Lipinski definition) is 3. The molecule has 100 valence electrons. The fourth-order valence-electron chi connectivity index (χ4n) is 1.42. The molecular weight excluding hydrogens is 230 g/mol. The SMILES string of the molecule is CCCCCOc1ccc(OC(C)C(N)=O)cc1. The van der Waals surface area contributed by atoms with E-state index in [9.17, 15) is 4.79 Å². The second kappa shape index (κ2) is 7.58. The van der Waals surface area contributed by atoms with Crippen molar-refractivity contribution in [2.75, 3.05) is 6.61 Å². The number of ether oxygens (including phenoxy) is 2. The lowest BCUT2D eigenvalue weighted by molar-refractivity contribution is -0.123. The molecule has 2 N–H and O–H groups in total. The lowest BCUT2D eigenvalue weighted by Crippen LogP contribution is -2.30. The van der Waals surface area contributed by atoms with E-state index in [1.807, 2.05) is 12.1 Å². The van der Waals surface area contributed by atoms with Crippen LogP contribution in [0.4, 0.5) is 0 Å². The van der Waals surface area contributed by atoms with Gasteiger partial charge in [0.25, 0.3) is 5.91 Å². The van der Waals surface area contributed by atoms with Crippen molar-refractivity contribution in [3.8, 4) is 11.5 Å². The number of unbranched alkanes of at least 4 members (excludes halogenated alkanes) is 2. The Morgan fingerprint density at radius 2 is 1.83 bits per heavy atom. The van der Waals surface area contributed by atoms with Crippen LogP contribution < -0.4 is 15.2 Å². The largest absolute Gasteiger partial charge is 0.494 e. The van der Waals surface area contributed by atoms with E-state index in [4.69, 9.17) is 15.2 Å². The Labute approximate surface area is 108 Å². The summed E-state index contributed by atoms with van der Waals surface area (Å²) in [6, 6.07) is 7.20. The zero-order chi connectivity index (χ0) is 13.4. The summed E-state index contributed by atoms with van der Waals surface area (Å²) in [7, 11) is 0. The molecule has 1 atom stereocenters. The maximum atomic E-state index is 10.8. The zero-order valence-corrected chi connectivity index (χ0v) is 11.0. The third-order valence-corrected chi connectivity index (χ3v) is 2.55. The van der Waals surface area contributed by atoms with E-state index in [-0.39, 0.29) is 0 Å². The summed E-state index contributed by atoms with van der Waals surface area (Å²) >= 11 is 0. The minimum Gasteiger partial charge on any atom is -0.494 e. The van der Waals surface area contributed by atoms with Crippen LogP contribution in [0.15, 0.2) is 24.3 Å². The van der Waals surface area contributed by atoms with Crippen molar-refractivity contribution in [3.63, 3.8) is 0 Å². The molecule has 4 heteroatoms. The molecule has 1 aromatic carbocycles. The van der Waals surface area contributed by atoms with Crippen molar-refractivity contribution in [1.82, 2.24) is 0 Å². The van der Waals surface area contributed by atoms with Gasteiger partial charge in [-0.2, -0.15) is 0 Å². The minimum absolute atomic E-state index is 0.477. The average molecular weight is 251 g/mol. The van der Waals surface area contributed by atoms with Crippen LogP contribution in [0.25, 0.3) is 0 Å². The summed E-state index contributed by atoms with van der Waals surface area (Å²) in [5.41, 5.74) is 5.12. The van der Waals surface area contributed by atoms with E-state index in [2.05, 4.69) is 6.92 Å². The van der Waals surface area contributed by atoms with Crippen LogP contribution in [0.5, 0.6) is 11.5 Å². The van der Waals surface area contributed by atoms with Gasteiger partial charge in [-0.05, 0) is 37.6 Å². The first-order valence-electron chi connectivity index (χ1n) is 6.32. The second-order valence-electron chi connectivity index (χ2n) is 4.19. The Kier molecular flexibility index (Phi) is 6.05. The van der Waals surface area contributed by atoms with Crippen LogP contribution in [-0.2, 0) is 4.79 Å². The summed E-state index contributed by atoms with van der Waals surface area (Å²) in [6.45, 7) is 4.51. The monoisotopic (exact) mass is 251 g/mol. The normalized spacial score (nSPS) is 11.9. The van der Waals surface area contributed by atoms with E-state index in [0.717, 1.165) is 18.8 Å². The Bertz CT molecular complexity index is 362. The molecule has 1 rings (SSSR count). The molecule has 0 saturated carbocycles. The van der Waals surface area contributed by atoms with Crippen LogP contribution in [0.1, 0.15) is 33.1 Å². The third kappa shape index (κ3) is 5.08. The van der Waals surface area contributed by atoms with Gasteiger partial charge in [-0.25, -0.2) is 0 Å². The molecule has 1 aromatic rings. The molecule has 0 saturated heterocycles. The summed E-state index contributed by atoms with van der Waals surface area (Å²) < 4.78 is 10.9. The van der Waals surface area contributed by atoms with Gasteiger partial charge < -0.3 is 15.2 Å². The predicted octanol–water partition coefficient (Wildman–Crippen LogP) is 2.51. The fourth-order valence-corrected chi connectivity index (χ4v) is 1.42. The molecule has 4 nitrogen and oxygen atoms in total. The summed E-state index contributed by atoms with van der Waals surface area (Å²) in [6.07, 6.45) is 2.80. The smallest absolute Gasteiger partial charge is 0.258 e. The Hall–Kier alpha value is -1.71. The van der Waals surface area contributed by atoms with Crippen molar-refractivity contribution in [3.05, 3.63) is 24.3 Å². The van der Waals surface area contributed by atoms with Gasteiger partial charge in [-0.1, -0.05) is 19.8 Å². The first-order chi connectivity index (χ1) is 8.63. The highest BCUT2D eigenvalue weighted by atomic mass is 16.5. The van der Waals surface area contributed by atoms with Crippen molar-refractivity contribution in [1.29, 1.82) is 0 Å². The van der Waals surface area contributed by atoms with Crippen LogP contribution in [0.2, 0.25) is 0 Å². The van der Waals surface area contributed by atoms with Gasteiger partial charge in [0.1, 0.15) is 11.5 Å². The van der Waals surface area contributed by atoms with Crippen LogP contribution >= 0.6 is 0 Å². The highest BCUT2D eigenvalue weighted by molar-refractivity contribution is 5.78. The Morgan fingerprint density at radius 1 is 1.22 bits per heavy atom. The van der Waals surface area contributed by atoms with Crippen molar-refractivity contribution >= 4 is 5.91 Å². The standard InChI is InChI=1S/C14H21NO3/c1-3-4-5-10-17-12-6-8-13(9-7-12)18-11(2)14(15)16/h6-9,11H,3-5,10H2,1-2H3,(H2,15,16). The van der Waals surface area contributed by atoms with Gasteiger partial charge in [0.15, 0.2) is 6.10 Å². The van der Waals surface area contributed by atoms with Crippen molar-refractivity contribution < 1.29 is 14.3 Å². The maximum Gasteiger partial charge on any atom is 0.258 e. The summed E-state index contributed by atoms with van der Waals surface area (Å²) in [4.78, 5) is 10.8. The zero-order valence-electron chi connectivity index (χ0n) is 11.0. The molecule has 0 bridgehead atoms. The van der Waals surface area contributed by atoms with Crippen LogP contribution in [-0.4, -0.2) is 18.6 Å². The van der Waals surface area contributed by atoms with Gasteiger partial charge in [0, 0.05) is 0 Å². The molecule has 0 spiro atoms. The molecule has 0 aliphatic carbocycles. The maximum absolute atomic E-state index is 10.8. The number of carbonyl (C=O) groups excluding carboxylic acids is 1. The van der Waals surface area contributed by atoms with Gasteiger partial charge in [-0.3, -0.25) is 4.79 Å². The molecule has 0 heterocycles. The number of carbonyl (C=O) groups is 1. The van der Waals surface area contributed by atoms with Crippen LogP contribution in [0.3, 0.4) is 0 Å². The molecule has 0 radical (unpaired) electrons. The van der Waals surface area contributed by atoms with E-state index in [1.54, 1.807) is 19.1 Å². The Morgan fingerprint density at radius 3 is 2.39 bits per heavy atom. The number of amides is 1. The summed E-state index contributed by atoms with van der Waals surface area (Å²) in [5.74, 6) is 0.947. The van der Waals surface area contributed by atoms with E-state index in [1.165, 1.54) is 12.8 Å². The average Bonchev–Trinajstić information content (AvgIpc) is 2.36. The van der Waals surface area contributed by atoms with E-state index >= 15 is 0 Å². The number of benzene rings is 1. The number of rotatable bonds is 8. The topological polar surface area (TPSA) is 61.6 Å². The quantitative estimate of drug-likeness (QED) is 0.722. The lowest BCUT2D eigenvalue weighted by Gasteiger charge is -2.11. The molecule has 0 aliphatic rings. The summed E-state index contributed by atoms with van der Waals surface area (Å²) in [5, 5.41) is 0. The predicted molar refractivity (Wildman–Crippen MR) is 70.7 cm³/mol. The number of nitrogens with two attached hydrogens (primary N) is 1. The number of primary amides is 1. The van der Waals surface area contributed by atoms with E-state index < -0.39 is 12.0 Å². The lowest BCUT2D eigenvalue weighted by atomic mass is 10.2. The van der Waals surface area contributed by atoms with Gasteiger partial charge in [-0.15, -0.1) is 0 Å². The molecule has 1 unspecified atom stereocenters. The molecule has 0 fully saturated rings. The van der Waals surface area contributed by atoms with Crippen molar-refractivity contribution in [2.24, 2.45) is 5.73 Å². The molecular formula is C14H21NO3. The fraction of sp³-hybridized carbons (Fsp3) is 0.500. The molecule has 0 aliphatic heterocycles. The van der Waals surface area contributed by atoms with Gasteiger partial charge >= 0.3 is 0 Å². The Balaban J connectivity index is 2.40. The van der Waals surface area contributed by atoms with E-state index in [0.29, 0.717) is 5.75 Å². The molecule has 1 amide bonds. The van der Waals surface area contributed by atoms with Gasteiger partial charge in [0.2, 0.25) is 0 Å².